The lowest BCUT2D eigenvalue weighted by atomic mass is 9.33. The molecule has 23 rings (SSSR count). The minimum absolute atomic E-state index is 0.0722. The fourth-order valence-electron chi connectivity index (χ4n) is 19.0. The van der Waals surface area contributed by atoms with Crippen molar-refractivity contribution in [2.45, 2.75) is 105 Å². The second-order valence-electron chi connectivity index (χ2n) is 36.5. The Morgan fingerprint density at radius 2 is 0.625 bits per heavy atom. The van der Waals surface area contributed by atoms with E-state index in [0.717, 1.165) is 87.9 Å². The van der Waals surface area contributed by atoms with Gasteiger partial charge in [-0.25, -0.2) is 0 Å². The molecule has 21 aromatic rings. The molecule has 7 nitrogen and oxygen atoms in total. The summed E-state index contributed by atoms with van der Waals surface area (Å²) in [5, 5.41) is 4.65. The Bertz CT molecular complexity index is 8310. The normalized spacial score (nSPS) is 15.2. The summed E-state index contributed by atoms with van der Waals surface area (Å²) < 4.78 is 173. The van der Waals surface area contributed by atoms with Gasteiger partial charge in [0.15, 0.2) is 0 Å². The van der Waals surface area contributed by atoms with Gasteiger partial charge in [0.1, 0.15) is 22.3 Å². The number of hydrogen-bond acceptors (Lipinski definition) is 4. The molecule has 2 aliphatic heterocycles. The molecule has 0 unspecified atom stereocenters. The predicted molar refractivity (Wildman–Crippen MR) is 509 cm³/mol. The number of para-hydroxylation sites is 6. The Balaban J connectivity index is 0.898. The van der Waals surface area contributed by atoms with Crippen LogP contribution in [-0.2, 0) is 21.7 Å². The summed E-state index contributed by atoms with van der Waals surface area (Å²) in [6, 6.07) is 71.4. The van der Waals surface area contributed by atoms with Gasteiger partial charge in [0.2, 0.25) is 0 Å². The standard InChI is InChI=1S/C112H90BN5O2/c1-109(2,3)73-54-70(55-74(63-73)110(4,5)6)68-45-52-102-86(59-68)106-96(40-26-42-104(106)119-102)117-98-65-78(115-90-35-21-16-30-80(90)81-31-17-22-36-91(81)115)47-49-88(98)113-89-50-48-79(116-92-37-23-18-32-82(92)83-33-19-24-38-93(83)116)66-99(89)118(97-41-27-43-105-107(97)87-60-69(46-53-103(87)120-105)71-56-75(111(7,8)9)64-76(57-71)112(10,11)12)101-62-72(61-100(117)108(101)113)67-44-51-95-85(58-67)84-34-20-25-39-94(84)114(95)77-28-14-13-15-29-77/h13-66H,1-12H3/i16D,17D,18D,19D,21D,22D,23D,24D,30D,31D,32D,33D,35D,36D,37D,38D. The maximum Gasteiger partial charge on any atom is 0.252 e. The van der Waals surface area contributed by atoms with E-state index in [1.165, 1.54) is 22.3 Å². The van der Waals surface area contributed by atoms with E-state index in [9.17, 15) is 21.9 Å². The Morgan fingerprint density at radius 1 is 0.250 bits per heavy atom. The Hall–Kier alpha value is -13.8. The average molecular weight is 1560 g/mol. The van der Waals surface area contributed by atoms with Gasteiger partial charge in [0, 0.05) is 82.9 Å². The molecule has 16 aromatic carbocycles. The van der Waals surface area contributed by atoms with E-state index in [1.54, 1.807) is 9.13 Å². The number of aromatic nitrogens is 3. The molecule has 2 aliphatic rings. The van der Waals surface area contributed by atoms with Crippen LogP contribution in [0.15, 0.2) is 336 Å². The first-order valence-electron chi connectivity index (χ1n) is 49.1. The molecule has 7 heterocycles. The number of benzene rings is 16. The number of anilines is 6. The van der Waals surface area contributed by atoms with Crippen molar-refractivity contribution in [2.75, 3.05) is 9.80 Å². The molecule has 0 amide bonds. The Morgan fingerprint density at radius 3 is 1.06 bits per heavy atom. The van der Waals surface area contributed by atoms with Crippen LogP contribution in [0.4, 0.5) is 34.1 Å². The van der Waals surface area contributed by atoms with Crippen LogP contribution < -0.4 is 26.2 Å². The number of nitrogens with zero attached hydrogens (tertiary/aromatic N) is 5. The first-order chi connectivity index (χ1) is 64.7. The maximum absolute atomic E-state index is 9.97. The predicted octanol–water partition coefficient (Wildman–Crippen LogP) is 29.1. The van der Waals surface area contributed by atoms with Crippen molar-refractivity contribution in [3.05, 3.63) is 349 Å². The van der Waals surface area contributed by atoms with Crippen molar-refractivity contribution in [2.24, 2.45) is 0 Å². The molecule has 0 saturated heterocycles. The van der Waals surface area contributed by atoms with Crippen molar-refractivity contribution < 1.29 is 30.8 Å². The summed E-state index contributed by atoms with van der Waals surface area (Å²) >= 11 is 0. The maximum atomic E-state index is 9.97. The molecule has 0 spiro atoms. The zero-order valence-electron chi connectivity index (χ0n) is 84.6. The number of hydrogen-bond donors (Lipinski definition) is 0. The van der Waals surface area contributed by atoms with Gasteiger partial charge < -0.3 is 32.3 Å². The molecular weight excluding hydrogens is 1460 g/mol. The van der Waals surface area contributed by atoms with E-state index in [-0.39, 0.29) is 76.6 Å². The van der Waals surface area contributed by atoms with Crippen LogP contribution in [0.2, 0.25) is 0 Å². The molecule has 0 saturated carbocycles. The highest BCUT2D eigenvalue weighted by atomic mass is 16.3. The van der Waals surface area contributed by atoms with Gasteiger partial charge in [-0.05, 0) is 233 Å². The van der Waals surface area contributed by atoms with E-state index in [0.29, 0.717) is 67.4 Å². The summed E-state index contributed by atoms with van der Waals surface area (Å²) in [6.07, 6.45) is 0. The van der Waals surface area contributed by atoms with Crippen LogP contribution in [-0.4, -0.2) is 20.4 Å². The van der Waals surface area contributed by atoms with Crippen molar-refractivity contribution in [1.29, 1.82) is 0 Å². The van der Waals surface area contributed by atoms with Crippen molar-refractivity contribution in [1.82, 2.24) is 13.7 Å². The van der Waals surface area contributed by atoms with Crippen molar-refractivity contribution in [3.63, 3.8) is 0 Å². The van der Waals surface area contributed by atoms with E-state index in [4.69, 9.17) is 8.83 Å². The Kier molecular flexibility index (Phi) is 12.2. The lowest BCUT2D eigenvalue weighted by Crippen LogP contribution is -2.61. The minimum atomic E-state index is -0.829. The quantitative estimate of drug-likeness (QED) is 0.142. The largest absolute Gasteiger partial charge is 0.456 e. The third-order valence-electron chi connectivity index (χ3n) is 25.1. The lowest BCUT2D eigenvalue weighted by molar-refractivity contribution is 0.568. The van der Waals surface area contributed by atoms with Gasteiger partial charge >= 0.3 is 0 Å². The summed E-state index contributed by atoms with van der Waals surface area (Å²) in [4.78, 5) is 4.51. The van der Waals surface area contributed by atoms with E-state index in [1.807, 2.05) is 97.1 Å². The van der Waals surface area contributed by atoms with Gasteiger partial charge in [-0.2, -0.15) is 0 Å². The van der Waals surface area contributed by atoms with Gasteiger partial charge in [0.25, 0.3) is 6.71 Å². The van der Waals surface area contributed by atoms with Gasteiger partial charge in [-0.15, -0.1) is 0 Å². The molecular formula is C112H90BN5O2. The number of rotatable bonds is 8. The highest BCUT2D eigenvalue weighted by Gasteiger charge is 2.46. The summed E-state index contributed by atoms with van der Waals surface area (Å²) in [5.41, 5.74) is 20.7. The smallest absolute Gasteiger partial charge is 0.252 e. The van der Waals surface area contributed by atoms with E-state index in [2.05, 4.69) is 231 Å². The lowest BCUT2D eigenvalue weighted by Gasteiger charge is -2.45. The molecule has 5 aromatic heterocycles. The van der Waals surface area contributed by atoms with Crippen LogP contribution in [0.25, 0.3) is 160 Å². The van der Waals surface area contributed by atoms with Crippen LogP contribution in [0.1, 0.15) is 127 Å². The second-order valence-corrected chi connectivity index (χ2v) is 36.5. The third kappa shape index (κ3) is 11.0. The van der Waals surface area contributed by atoms with E-state index >= 15 is 0 Å². The second kappa shape index (κ2) is 25.8. The summed E-state index contributed by atoms with van der Waals surface area (Å²) in [6.45, 7) is 25.9. The van der Waals surface area contributed by atoms with Crippen molar-refractivity contribution >= 4 is 167 Å². The van der Waals surface area contributed by atoms with Gasteiger partial charge in [-0.3, -0.25) is 0 Å². The average Bonchev–Trinajstić information content (AvgIpc) is 0.753. The highest BCUT2D eigenvalue weighted by Crippen LogP contribution is 2.54. The molecule has 8 heteroatoms. The fraction of sp³-hybridized carbons (Fsp3) is 0.143. The zero-order chi connectivity index (χ0) is 95.2. The molecule has 0 aliphatic carbocycles. The molecule has 0 N–H and O–H groups in total. The van der Waals surface area contributed by atoms with E-state index < -0.39 is 103 Å². The van der Waals surface area contributed by atoms with Crippen LogP contribution in [0, 0.1) is 0 Å². The fourth-order valence-corrected chi connectivity index (χ4v) is 19.0. The zero-order valence-corrected chi connectivity index (χ0v) is 68.6. The molecule has 0 fully saturated rings. The van der Waals surface area contributed by atoms with Gasteiger partial charge in [-0.1, -0.05) is 271 Å². The molecule has 578 valence electrons. The molecule has 0 bridgehead atoms. The van der Waals surface area contributed by atoms with Crippen LogP contribution >= 0.6 is 0 Å². The first kappa shape index (κ1) is 56.5. The topological polar surface area (TPSA) is 47.6 Å². The first-order valence-corrected chi connectivity index (χ1v) is 41.1. The third-order valence-corrected chi connectivity index (χ3v) is 25.1. The van der Waals surface area contributed by atoms with Crippen LogP contribution in [0.5, 0.6) is 0 Å². The molecule has 0 atom stereocenters. The number of fused-ring (bicyclic) bond motifs is 19. The monoisotopic (exact) mass is 1560 g/mol. The molecule has 0 radical (unpaired) electrons. The van der Waals surface area contributed by atoms with Crippen LogP contribution in [0.3, 0.4) is 0 Å². The highest BCUT2D eigenvalue weighted by molar-refractivity contribution is 7.00. The molecule has 120 heavy (non-hydrogen) atoms. The summed E-state index contributed by atoms with van der Waals surface area (Å²) in [5.74, 6) is 0. The van der Waals surface area contributed by atoms with Crippen molar-refractivity contribution in [3.8, 4) is 50.4 Å². The Labute approximate surface area is 721 Å². The summed E-state index contributed by atoms with van der Waals surface area (Å²) in [7, 11) is 0. The minimum Gasteiger partial charge on any atom is -0.456 e. The van der Waals surface area contributed by atoms with Gasteiger partial charge in [0.05, 0.1) is 77.2 Å². The number of furan rings is 2. The SMILES string of the molecule is [2H]c1c([2H])c([2H])c2c(c1[2H])c1c([2H])c([2H])c([2H])c([2H])c1n2-c1ccc2c(c1)N(c1cccc3oc4ccc(-c5cc(C(C)(C)C)cc(C(C)(C)C)c5)cc4c13)c1cc(-c3ccc4c(c3)c3ccccc3n4-c3ccccc3)cc3c1B2c1ccc(-n2c4c([2H])c([2H])c([2H])c([2H])c4c4c([2H])c([2H])c([2H])c([2H])c42)cc1N3c1cccc2oc3ccc(-c4cc(C(C)(C)C)cc(C(C)(C)C)c4)cc3c12.